The first-order chi connectivity index (χ1) is 8.19. The largest absolute Gasteiger partial charge is 0.394 e. The van der Waals surface area contributed by atoms with Crippen LogP contribution >= 0.6 is 0 Å². The molecule has 5 heteroatoms. The standard InChI is InChI=1S/C12H16N2O3/c1-8(5-15)13-12(16)14-11-3-2-9-6-17-7-10(9)4-11/h2-4,8,15H,5-7H2,1H3,(H2,13,14,16). The third-order valence-electron chi connectivity index (χ3n) is 2.63. The molecule has 17 heavy (non-hydrogen) atoms. The summed E-state index contributed by atoms with van der Waals surface area (Å²) in [4.78, 5) is 11.5. The molecule has 5 nitrogen and oxygen atoms in total. The number of aliphatic hydroxyl groups is 1. The van der Waals surface area contributed by atoms with E-state index < -0.39 is 0 Å². The molecule has 0 spiro atoms. The highest BCUT2D eigenvalue weighted by Crippen LogP contribution is 2.23. The van der Waals surface area contributed by atoms with Crippen LogP contribution < -0.4 is 10.6 Å². The molecule has 1 atom stereocenters. The second-order valence-electron chi connectivity index (χ2n) is 4.16. The molecule has 0 aromatic heterocycles. The van der Waals surface area contributed by atoms with Crippen LogP contribution in [0.4, 0.5) is 10.5 Å². The molecule has 0 bridgehead atoms. The Morgan fingerprint density at radius 3 is 3.00 bits per heavy atom. The number of fused-ring (bicyclic) bond motifs is 1. The fraction of sp³-hybridized carbons (Fsp3) is 0.417. The number of benzene rings is 1. The van der Waals surface area contributed by atoms with E-state index in [1.807, 2.05) is 18.2 Å². The van der Waals surface area contributed by atoms with E-state index in [4.69, 9.17) is 9.84 Å². The van der Waals surface area contributed by atoms with E-state index in [0.717, 1.165) is 11.3 Å². The molecule has 0 radical (unpaired) electrons. The van der Waals surface area contributed by atoms with Crippen LogP contribution in [-0.2, 0) is 18.0 Å². The topological polar surface area (TPSA) is 70.6 Å². The van der Waals surface area contributed by atoms with Crippen LogP contribution in [0, 0.1) is 0 Å². The lowest BCUT2D eigenvalue weighted by Gasteiger charge is -2.12. The third-order valence-corrected chi connectivity index (χ3v) is 2.63. The molecule has 0 fully saturated rings. The zero-order chi connectivity index (χ0) is 12.3. The summed E-state index contributed by atoms with van der Waals surface area (Å²) in [6.45, 7) is 2.89. The van der Waals surface area contributed by atoms with Gasteiger partial charge in [0.2, 0.25) is 0 Å². The minimum atomic E-state index is -0.314. The zero-order valence-corrected chi connectivity index (χ0v) is 9.69. The summed E-state index contributed by atoms with van der Waals surface area (Å²) in [5.41, 5.74) is 3.01. The van der Waals surface area contributed by atoms with Gasteiger partial charge < -0.3 is 20.5 Å². The second kappa shape index (κ2) is 5.16. The number of aliphatic hydroxyl groups excluding tert-OH is 1. The summed E-state index contributed by atoms with van der Waals surface area (Å²) >= 11 is 0. The Kier molecular flexibility index (Phi) is 3.61. The van der Waals surface area contributed by atoms with Crippen molar-refractivity contribution in [1.29, 1.82) is 0 Å². The molecule has 2 rings (SSSR count). The van der Waals surface area contributed by atoms with Crippen molar-refractivity contribution in [3.63, 3.8) is 0 Å². The van der Waals surface area contributed by atoms with Gasteiger partial charge in [-0.05, 0) is 30.2 Å². The van der Waals surface area contributed by atoms with Gasteiger partial charge in [0.1, 0.15) is 0 Å². The van der Waals surface area contributed by atoms with Gasteiger partial charge in [-0.25, -0.2) is 4.79 Å². The highest BCUT2D eigenvalue weighted by Gasteiger charge is 2.12. The fourth-order valence-electron chi connectivity index (χ4n) is 1.69. The maximum Gasteiger partial charge on any atom is 0.319 e. The highest BCUT2D eigenvalue weighted by atomic mass is 16.5. The number of anilines is 1. The SMILES string of the molecule is CC(CO)NC(=O)Nc1ccc2c(c1)COC2. The van der Waals surface area contributed by atoms with Crippen molar-refractivity contribution in [2.24, 2.45) is 0 Å². The highest BCUT2D eigenvalue weighted by molar-refractivity contribution is 5.89. The summed E-state index contributed by atoms with van der Waals surface area (Å²) < 4.78 is 5.30. The van der Waals surface area contributed by atoms with Gasteiger partial charge in [-0.15, -0.1) is 0 Å². The molecule has 2 amide bonds. The smallest absolute Gasteiger partial charge is 0.319 e. The van der Waals surface area contributed by atoms with E-state index in [1.165, 1.54) is 5.56 Å². The van der Waals surface area contributed by atoms with Crippen LogP contribution in [0.3, 0.4) is 0 Å². The van der Waals surface area contributed by atoms with Crippen molar-refractivity contribution >= 4 is 11.7 Å². The van der Waals surface area contributed by atoms with Gasteiger partial charge in [0.05, 0.1) is 25.9 Å². The second-order valence-corrected chi connectivity index (χ2v) is 4.16. The van der Waals surface area contributed by atoms with Crippen LogP contribution in [0.2, 0.25) is 0 Å². The Morgan fingerprint density at radius 1 is 1.47 bits per heavy atom. The summed E-state index contributed by atoms with van der Waals surface area (Å²) in [5.74, 6) is 0. The predicted molar refractivity (Wildman–Crippen MR) is 63.6 cm³/mol. The fourth-order valence-corrected chi connectivity index (χ4v) is 1.69. The number of hydrogen-bond acceptors (Lipinski definition) is 3. The quantitative estimate of drug-likeness (QED) is 0.739. The van der Waals surface area contributed by atoms with Crippen molar-refractivity contribution < 1.29 is 14.6 Å². The Hall–Kier alpha value is -1.59. The first-order valence-corrected chi connectivity index (χ1v) is 5.57. The minimum Gasteiger partial charge on any atom is -0.394 e. The Bertz CT molecular complexity index is 420. The van der Waals surface area contributed by atoms with E-state index in [9.17, 15) is 4.79 Å². The monoisotopic (exact) mass is 236 g/mol. The lowest BCUT2D eigenvalue weighted by atomic mass is 10.1. The minimum absolute atomic E-state index is 0.0779. The van der Waals surface area contributed by atoms with E-state index in [1.54, 1.807) is 6.92 Å². The average molecular weight is 236 g/mol. The van der Waals surface area contributed by atoms with Gasteiger partial charge in [-0.2, -0.15) is 0 Å². The number of carbonyl (C=O) groups is 1. The first-order valence-electron chi connectivity index (χ1n) is 5.57. The number of nitrogens with one attached hydrogen (secondary N) is 2. The normalized spacial score (nSPS) is 15.2. The zero-order valence-electron chi connectivity index (χ0n) is 9.69. The molecular weight excluding hydrogens is 220 g/mol. The van der Waals surface area contributed by atoms with Crippen molar-refractivity contribution in [2.45, 2.75) is 26.2 Å². The summed E-state index contributed by atoms with van der Waals surface area (Å²) in [6.07, 6.45) is 0. The molecule has 3 N–H and O–H groups in total. The Balaban J connectivity index is 1.97. The maximum atomic E-state index is 11.5. The van der Waals surface area contributed by atoms with Crippen LogP contribution in [-0.4, -0.2) is 23.8 Å². The van der Waals surface area contributed by atoms with Crippen LogP contribution in [0.25, 0.3) is 0 Å². The number of ether oxygens (including phenoxy) is 1. The molecule has 0 saturated carbocycles. The van der Waals surface area contributed by atoms with Gasteiger partial charge in [-0.1, -0.05) is 6.07 Å². The van der Waals surface area contributed by atoms with Crippen molar-refractivity contribution in [2.75, 3.05) is 11.9 Å². The molecule has 92 valence electrons. The number of urea groups is 1. The van der Waals surface area contributed by atoms with E-state index in [-0.39, 0.29) is 18.7 Å². The van der Waals surface area contributed by atoms with Gasteiger partial charge in [0.15, 0.2) is 0 Å². The van der Waals surface area contributed by atoms with Crippen LogP contribution in [0.15, 0.2) is 18.2 Å². The molecular formula is C12H16N2O3. The average Bonchev–Trinajstić information content (AvgIpc) is 2.75. The van der Waals surface area contributed by atoms with Crippen molar-refractivity contribution in [3.8, 4) is 0 Å². The molecule has 1 aromatic carbocycles. The number of hydrogen-bond donors (Lipinski definition) is 3. The summed E-state index contributed by atoms with van der Waals surface area (Å²) in [6, 6.07) is 5.13. The molecule has 1 aliphatic rings. The van der Waals surface area contributed by atoms with E-state index in [2.05, 4.69) is 10.6 Å². The third kappa shape index (κ3) is 2.95. The van der Waals surface area contributed by atoms with E-state index in [0.29, 0.717) is 13.2 Å². The summed E-state index contributed by atoms with van der Waals surface area (Å²) in [5, 5.41) is 14.2. The van der Waals surface area contributed by atoms with E-state index >= 15 is 0 Å². The molecule has 0 saturated heterocycles. The van der Waals surface area contributed by atoms with Crippen molar-refractivity contribution in [3.05, 3.63) is 29.3 Å². The molecule has 0 aliphatic carbocycles. The summed E-state index contributed by atoms with van der Waals surface area (Å²) in [7, 11) is 0. The Labute approximate surface area is 99.8 Å². The first kappa shape index (κ1) is 11.9. The molecule has 1 aromatic rings. The van der Waals surface area contributed by atoms with Crippen molar-refractivity contribution in [1.82, 2.24) is 5.32 Å². The number of amides is 2. The lowest BCUT2D eigenvalue weighted by Crippen LogP contribution is -2.38. The van der Waals surface area contributed by atoms with Crippen LogP contribution in [0.5, 0.6) is 0 Å². The number of rotatable bonds is 3. The molecule has 1 unspecified atom stereocenters. The van der Waals surface area contributed by atoms with Gasteiger partial charge in [-0.3, -0.25) is 0 Å². The Morgan fingerprint density at radius 2 is 2.24 bits per heavy atom. The maximum absolute atomic E-state index is 11.5. The lowest BCUT2D eigenvalue weighted by molar-refractivity contribution is 0.134. The molecule has 1 aliphatic heterocycles. The number of carbonyl (C=O) groups excluding carboxylic acids is 1. The van der Waals surface area contributed by atoms with Crippen LogP contribution in [0.1, 0.15) is 18.1 Å². The van der Waals surface area contributed by atoms with Gasteiger partial charge >= 0.3 is 6.03 Å². The molecule has 1 heterocycles. The van der Waals surface area contributed by atoms with Gasteiger partial charge in [0.25, 0.3) is 0 Å². The predicted octanol–water partition coefficient (Wildman–Crippen LogP) is 1.22. The van der Waals surface area contributed by atoms with Gasteiger partial charge in [0, 0.05) is 5.69 Å².